The molecule has 0 saturated heterocycles. The number of alkyl halides is 3. The van der Waals surface area contributed by atoms with E-state index in [9.17, 15) is 27.6 Å². The van der Waals surface area contributed by atoms with E-state index in [1.54, 1.807) is 17.6 Å². The number of fused-ring (bicyclic) bond motifs is 1. The van der Waals surface area contributed by atoms with Gasteiger partial charge in [-0.2, -0.15) is 13.2 Å². The van der Waals surface area contributed by atoms with Crippen LogP contribution in [-0.2, 0) is 10.2 Å². The highest BCUT2D eigenvalue weighted by Gasteiger charge is 2.49. The first kappa shape index (κ1) is 18.3. The molecule has 4 nitrogen and oxygen atoms in total. The summed E-state index contributed by atoms with van der Waals surface area (Å²) in [6, 6.07) is 4.20. The van der Waals surface area contributed by atoms with Gasteiger partial charge in [-0.05, 0) is 48.6 Å². The number of nitrogens with zero attached hydrogens (tertiary/aromatic N) is 1. The van der Waals surface area contributed by atoms with Crippen LogP contribution in [0.3, 0.4) is 0 Å². The highest BCUT2D eigenvalue weighted by Crippen LogP contribution is 2.46. The highest BCUT2D eigenvalue weighted by atomic mass is 19.4. The van der Waals surface area contributed by atoms with Gasteiger partial charge in [0.25, 0.3) is 5.91 Å². The number of hydrogen-bond donors (Lipinski definition) is 2. The molecule has 0 radical (unpaired) electrons. The largest absolute Gasteiger partial charge is 0.433 e. The molecule has 1 heterocycles. The summed E-state index contributed by atoms with van der Waals surface area (Å²) in [6.45, 7) is 1.49. The summed E-state index contributed by atoms with van der Waals surface area (Å²) in [7, 11) is 0. The van der Waals surface area contributed by atoms with Crippen LogP contribution in [0.5, 0.6) is 0 Å². The Morgan fingerprint density at radius 3 is 2.65 bits per heavy atom. The minimum absolute atomic E-state index is 0.0239. The lowest BCUT2D eigenvalue weighted by molar-refractivity contribution is -0.134. The molecule has 0 aromatic heterocycles. The van der Waals surface area contributed by atoms with E-state index in [1.165, 1.54) is 19.1 Å². The number of carbonyl (C=O) groups is 1. The molecule has 1 aliphatic carbocycles. The number of halogens is 4. The molecule has 2 N–H and O–H groups in total. The number of hydroxylamine groups is 1. The Morgan fingerprint density at radius 2 is 2.00 bits per heavy atom. The van der Waals surface area contributed by atoms with E-state index < -0.39 is 29.0 Å². The lowest BCUT2D eigenvalue weighted by Crippen LogP contribution is -2.42. The van der Waals surface area contributed by atoms with Crippen molar-refractivity contribution in [2.45, 2.75) is 37.8 Å². The topological polar surface area (TPSA) is 61.7 Å². The van der Waals surface area contributed by atoms with Crippen molar-refractivity contribution in [1.29, 1.82) is 0 Å². The van der Waals surface area contributed by atoms with Gasteiger partial charge in [0, 0.05) is 12.1 Å². The SMILES string of the molecule is Cc1c(F)cccc1[C@]1(C(=O)NO)CC2=CCC=C(C(F)(F)F)N=C2C1. The van der Waals surface area contributed by atoms with Gasteiger partial charge < -0.3 is 0 Å². The van der Waals surface area contributed by atoms with Gasteiger partial charge in [-0.25, -0.2) is 14.9 Å². The van der Waals surface area contributed by atoms with Crippen LogP contribution in [0.2, 0.25) is 0 Å². The summed E-state index contributed by atoms with van der Waals surface area (Å²) in [4.78, 5) is 16.2. The maximum atomic E-state index is 14.0. The third-order valence-electron chi connectivity index (χ3n) is 4.87. The van der Waals surface area contributed by atoms with Crippen molar-refractivity contribution in [3.8, 4) is 0 Å². The Hall–Kier alpha value is -2.48. The molecule has 1 aromatic carbocycles. The predicted molar refractivity (Wildman–Crippen MR) is 86.3 cm³/mol. The van der Waals surface area contributed by atoms with Crippen LogP contribution < -0.4 is 5.48 Å². The Morgan fingerprint density at radius 1 is 1.27 bits per heavy atom. The number of aliphatic imine (C=N–C) groups is 1. The van der Waals surface area contributed by atoms with Gasteiger partial charge in [0.15, 0.2) is 0 Å². The summed E-state index contributed by atoms with van der Waals surface area (Å²) in [5.74, 6) is -1.34. The van der Waals surface area contributed by atoms with Crippen molar-refractivity contribution < 1.29 is 27.6 Å². The third-order valence-corrected chi connectivity index (χ3v) is 4.87. The van der Waals surface area contributed by atoms with Crippen LogP contribution in [-0.4, -0.2) is 23.0 Å². The quantitative estimate of drug-likeness (QED) is 0.473. The van der Waals surface area contributed by atoms with Crippen molar-refractivity contribution >= 4 is 11.6 Å². The van der Waals surface area contributed by atoms with Gasteiger partial charge in [-0.1, -0.05) is 18.2 Å². The van der Waals surface area contributed by atoms with E-state index in [-0.39, 0.29) is 30.5 Å². The molecule has 26 heavy (non-hydrogen) atoms. The van der Waals surface area contributed by atoms with Gasteiger partial charge in [0.1, 0.15) is 11.5 Å². The van der Waals surface area contributed by atoms with Gasteiger partial charge in [0.05, 0.1) is 5.41 Å². The van der Waals surface area contributed by atoms with E-state index >= 15 is 0 Å². The lowest BCUT2D eigenvalue weighted by Gasteiger charge is -2.28. The average molecular weight is 368 g/mol. The first-order valence-electron chi connectivity index (χ1n) is 7.93. The number of hydrogen-bond acceptors (Lipinski definition) is 3. The van der Waals surface area contributed by atoms with Crippen molar-refractivity contribution in [2.75, 3.05) is 0 Å². The van der Waals surface area contributed by atoms with Crippen molar-refractivity contribution in [3.05, 3.63) is 58.6 Å². The molecule has 138 valence electrons. The molecule has 1 aromatic rings. The van der Waals surface area contributed by atoms with Crippen molar-refractivity contribution in [3.63, 3.8) is 0 Å². The Balaban J connectivity index is 2.14. The Kier molecular flexibility index (Phi) is 4.47. The van der Waals surface area contributed by atoms with E-state index in [4.69, 9.17) is 0 Å². The fourth-order valence-corrected chi connectivity index (χ4v) is 3.58. The Bertz CT molecular complexity index is 855. The predicted octanol–water partition coefficient (Wildman–Crippen LogP) is 3.89. The van der Waals surface area contributed by atoms with E-state index in [0.717, 1.165) is 6.08 Å². The second-order valence-corrected chi connectivity index (χ2v) is 6.40. The third kappa shape index (κ3) is 2.94. The summed E-state index contributed by atoms with van der Waals surface area (Å²) >= 11 is 0. The van der Waals surface area contributed by atoms with E-state index in [0.29, 0.717) is 11.1 Å². The lowest BCUT2D eigenvalue weighted by atomic mass is 9.75. The van der Waals surface area contributed by atoms with E-state index in [2.05, 4.69) is 4.99 Å². The molecule has 1 aliphatic heterocycles. The van der Waals surface area contributed by atoms with Crippen molar-refractivity contribution in [1.82, 2.24) is 5.48 Å². The number of carbonyl (C=O) groups excluding carboxylic acids is 1. The fourth-order valence-electron chi connectivity index (χ4n) is 3.58. The molecule has 3 rings (SSSR count). The van der Waals surface area contributed by atoms with Gasteiger partial charge in [-0.3, -0.25) is 10.0 Å². The molecule has 1 fully saturated rings. The average Bonchev–Trinajstić information content (AvgIpc) is 2.82. The van der Waals surface area contributed by atoms with Crippen LogP contribution in [0.15, 0.2) is 46.6 Å². The Labute approximate surface area is 146 Å². The molecule has 2 aliphatic rings. The monoisotopic (exact) mass is 368 g/mol. The molecular weight excluding hydrogens is 352 g/mol. The van der Waals surface area contributed by atoms with E-state index in [1.807, 2.05) is 0 Å². The van der Waals surface area contributed by atoms with Crippen LogP contribution in [0.1, 0.15) is 30.4 Å². The second kappa shape index (κ2) is 6.35. The van der Waals surface area contributed by atoms with Crippen molar-refractivity contribution in [2.24, 2.45) is 4.99 Å². The molecule has 0 bridgehead atoms. The summed E-state index contributed by atoms with van der Waals surface area (Å²) in [5.41, 5.74) is 0.287. The minimum Gasteiger partial charge on any atom is -0.289 e. The van der Waals surface area contributed by atoms with Gasteiger partial charge in [-0.15, -0.1) is 0 Å². The molecule has 0 unspecified atom stereocenters. The summed E-state index contributed by atoms with van der Waals surface area (Å²) < 4.78 is 53.2. The van der Waals surface area contributed by atoms with Crippen LogP contribution in [0.25, 0.3) is 0 Å². The first-order chi connectivity index (χ1) is 12.2. The molecule has 0 spiro atoms. The van der Waals surface area contributed by atoms with Gasteiger partial charge >= 0.3 is 6.18 Å². The number of amides is 1. The number of nitrogens with one attached hydrogen (secondary N) is 1. The molecular formula is C18H16F4N2O2. The van der Waals surface area contributed by atoms with Crippen LogP contribution in [0.4, 0.5) is 17.6 Å². The summed E-state index contributed by atoms with van der Waals surface area (Å²) in [5, 5.41) is 9.21. The fraction of sp³-hybridized carbons (Fsp3) is 0.333. The molecule has 1 saturated carbocycles. The van der Waals surface area contributed by atoms with Crippen LogP contribution >= 0.6 is 0 Å². The maximum Gasteiger partial charge on any atom is 0.433 e. The minimum atomic E-state index is -4.60. The molecule has 1 atom stereocenters. The number of allylic oxidation sites excluding steroid dienone is 4. The second-order valence-electron chi connectivity index (χ2n) is 6.40. The maximum absolute atomic E-state index is 14.0. The molecule has 8 heteroatoms. The van der Waals surface area contributed by atoms with Crippen LogP contribution in [0, 0.1) is 12.7 Å². The normalized spacial score (nSPS) is 22.8. The number of benzene rings is 1. The molecule has 1 amide bonds. The van der Waals surface area contributed by atoms with Gasteiger partial charge in [0.2, 0.25) is 0 Å². The zero-order valence-corrected chi connectivity index (χ0v) is 13.8. The zero-order valence-electron chi connectivity index (χ0n) is 13.8. The first-order valence-corrected chi connectivity index (χ1v) is 7.93. The zero-order chi connectivity index (χ0) is 19.1. The highest BCUT2D eigenvalue weighted by molar-refractivity contribution is 6.10. The summed E-state index contributed by atoms with van der Waals surface area (Å²) in [6.07, 6.45) is -2.14. The standard InChI is InChI=1S/C18H16F4N2O2/c1-10-12(5-3-6-13(10)19)17(16(25)24-26)8-11-4-2-7-15(18(20,21)22)23-14(11)9-17/h3-7,26H,2,8-9H2,1H3,(H,24,25)/t17-/m0/s1. The number of rotatable bonds is 2. The smallest absolute Gasteiger partial charge is 0.289 e.